The zero-order chi connectivity index (χ0) is 17.5. The number of aryl methyl sites for hydroxylation is 1. The van der Waals surface area contributed by atoms with Gasteiger partial charge in [0.25, 0.3) is 0 Å². The molecule has 0 aliphatic rings. The number of carbonyl (C=O) groups excluding carboxylic acids is 2. The van der Waals surface area contributed by atoms with E-state index in [1.807, 2.05) is 56.3 Å². The van der Waals surface area contributed by atoms with Crippen LogP contribution >= 0.6 is 0 Å². The van der Waals surface area contributed by atoms with Gasteiger partial charge in [-0.2, -0.15) is 0 Å². The van der Waals surface area contributed by atoms with Crippen molar-refractivity contribution in [2.45, 2.75) is 20.3 Å². The predicted molar refractivity (Wildman–Crippen MR) is 95.4 cm³/mol. The van der Waals surface area contributed by atoms with Crippen LogP contribution in [0, 0.1) is 6.92 Å². The second kappa shape index (κ2) is 8.15. The average Bonchev–Trinajstić information content (AvgIpc) is 2.56. The Balaban J connectivity index is 2.06. The van der Waals surface area contributed by atoms with Crippen molar-refractivity contribution in [3.8, 4) is 5.75 Å². The first kappa shape index (κ1) is 17.5. The smallest absolute Gasteiger partial charge is 0.236 e. The third kappa shape index (κ3) is 4.35. The Morgan fingerprint density at radius 2 is 1.83 bits per heavy atom. The van der Waals surface area contributed by atoms with E-state index < -0.39 is 0 Å². The lowest BCUT2D eigenvalue weighted by atomic mass is 10.2. The van der Waals surface area contributed by atoms with Crippen LogP contribution in [0.2, 0.25) is 0 Å². The SMILES string of the molecule is CCN(C(=O)CC(=O)Nc1cc(C)ccc1OC)c1ccccc1. The van der Waals surface area contributed by atoms with Crippen molar-refractivity contribution in [1.29, 1.82) is 0 Å². The molecule has 2 rings (SSSR count). The summed E-state index contributed by atoms with van der Waals surface area (Å²) in [4.78, 5) is 26.3. The van der Waals surface area contributed by atoms with Crippen molar-refractivity contribution in [3.05, 3.63) is 54.1 Å². The molecule has 0 aliphatic heterocycles. The number of nitrogens with zero attached hydrogens (tertiary/aromatic N) is 1. The number of nitrogens with one attached hydrogen (secondary N) is 1. The van der Waals surface area contributed by atoms with Gasteiger partial charge in [-0.3, -0.25) is 9.59 Å². The van der Waals surface area contributed by atoms with Crippen molar-refractivity contribution in [1.82, 2.24) is 0 Å². The number of rotatable bonds is 6. The molecule has 0 saturated heterocycles. The third-order valence-electron chi connectivity index (χ3n) is 3.63. The van der Waals surface area contributed by atoms with E-state index in [1.165, 1.54) is 0 Å². The van der Waals surface area contributed by atoms with Gasteiger partial charge < -0.3 is 15.0 Å². The highest BCUT2D eigenvalue weighted by Crippen LogP contribution is 2.25. The molecule has 24 heavy (non-hydrogen) atoms. The van der Waals surface area contributed by atoms with Crippen LogP contribution in [-0.2, 0) is 9.59 Å². The van der Waals surface area contributed by atoms with Gasteiger partial charge >= 0.3 is 0 Å². The van der Waals surface area contributed by atoms with Crippen molar-refractivity contribution < 1.29 is 14.3 Å². The summed E-state index contributed by atoms with van der Waals surface area (Å²) in [5.41, 5.74) is 2.35. The second-order valence-corrected chi connectivity index (χ2v) is 5.40. The summed E-state index contributed by atoms with van der Waals surface area (Å²) in [6, 6.07) is 14.8. The zero-order valence-electron chi connectivity index (χ0n) is 14.2. The topological polar surface area (TPSA) is 58.6 Å². The zero-order valence-corrected chi connectivity index (χ0v) is 14.2. The molecular weight excluding hydrogens is 304 g/mol. The number of anilines is 2. The fourth-order valence-corrected chi connectivity index (χ4v) is 2.46. The Morgan fingerprint density at radius 3 is 2.46 bits per heavy atom. The van der Waals surface area contributed by atoms with Crippen LogP contribution in [-0.4, -0.2) is 25.5 Å². The number of hydrogen-bond acceptors (Lipinski definition) is 3. The minimum absolute atomic E-state index is 0.222. The maximum Gasteiger partial charge on any atom is 0.236 e. The summed E-state index contributed by atoms with van der Waals surface area (Å²) in [7, 11) is 1.54. The van der Waals surface area contributed by atoms with E-state index in [1.54, 1.807) is 18.1 Å². The van der Waals surface area contributed by atoms with Crippen LogP contribution in [0.4, 0.5) is 11.4 Å². The molecule has 0 unspecified atom stereocenters. The number of amides is 2. The molecule has 0 heterocycles. The number of hydrogen-bond donors (Lipinski definition) is 1. The normalized spacial score (nSPS) is 10.1. The minimum Gasteiger partial charge on any atom is -0.495 e. The van der Waals surface area contributed by atoms with E-state index in [0.717, 1.165) is 11.3 Å². The standard InChI is InChI=1S/C19H22N2O3/c1-4-21(15-8-6-5-7-9-15)19(23)13-18(22)20-16-12-14(2)10-11-17(16)24-3/h5-12H,4,13H2,1-3H3,(H,20,22). The molecule has 2 aromatic rings. The molecule has 0 bridgehead atoms. The monoisotopic (exact) mass is 326 g/mol. The fraction of sp³-hybridized carbons (Fsp3) is 0.263. The maximum atomic E-state index is 12.4. The molecule has 0 fully saturated rings. The van der Waals surface area contributed by atoms with Gasteiger partial charge in [-0.05, 0) is 43.7 Å². The molecular formula is C19H22N2O3. The van der Waals surface area contributed by atoms with Gasteiger partial charge in [-0.1, -0.05) is 24.3 Å². The van der Waals surface area contributed by atoms with Crippen molar-refractivity contribution in [2.75, 3.05) is 23.9 Å². The van der Waals surface area contributed by atoms with Crippen LogP contribution in [0.5, 0.6) is 5.75 Å². The molecule has 2 amide bonds. The first-order chi connectivity index (χ1) is 11.5. The molecule has 5 nitrogen and oxygen atoms in total. The van der Waals surface area contributed by atoms with Crippen LogP contribution < -0.4 is 15.0 Å². The Kier molecular flexibility index (Phi) is 5.95. The maximum absolute atomic E-state index is 12.4. The molecule has 0 aliphatic carbocycles. The summed E-state index contributed by atoms with van der Waals surface area (Å²) >= 11 is 0. The number of benzene rings is 2. The number of carbonyl (C=O) groups is 2. The van der Waals surface area contributed by atoms with Crippen LogP contribution in [0.15, 0.2) is 48.5 Å². The van der Waals surface area contributed by atoms with Crippen molar-refractivity contribution in [3.63, 3.8) is 0 Å². The largest absolute Gasteiger partial charge is 0.495 e. The Bertz CT molecular complexity index is 714. The van der Waals surface area contributed by atoms with Crippen LogP contribution in [0.3, 0.4) is 0 Å². The number of para-hydroxylation sites is 1. The van der Waals surface area contributed by atoms with E-state index in [9.17, 15) is 9.59 Å². The van der Waals surface area contributed by atoms with Gasteiger partial charge in [0.15, 0.2) is 0 Å². The molecule has 5 heteroatoms. The van der Waals surface area contributed by atoms with Gasteiger partial charge in [0.2, 0.25) is 11.8 Å². The molecule has 0 aromatic heterocycles. The lowest BCUT2D eigenvalue weighted by Gasteiger charge is -2.21. The molecule has 0 atom stereocenters. The highest BCUT2D eigenvalue weighted by molar-refractivity contribution is 6.09. The molecule has 0 saturated carbocycles. The second-order valence-electron chi connectivity index (χ2n) is 5.40. The highest BCUT2D eigenvalue weighted by Gasteiger charge is 2.18. The number of methoxy groups -OCH3 is 1. The highest BCUT2D eigenvalue weighted by atomic mass is 16.5. The predicted octanol–water partition coefficient (Wildman–Crippen LogP) is 3.39. The van der Waals surface area contributed by atoms with E-state index in [-0.39, 0.29) is 18.2 Å². The quantitative estimate of drug-likeness (QED) is 0.828. The van der Waals surface area contributed by atoms with Crippen molar-refractivity contribution >= 4 is 23.2 Å². The Hall–Kier alpha value is -2.82. The number of ether oxygens (including phenoxy) is 1. The summed E-state index contributed by atoms with van der Waals surface area (Å²) in [6.07, 6.45) is -0.222. The average molecular weight is 326 g/mol. The first-order valence-electron chi connectivity index (χ1n) is 7.85. The lowest BCUT2D eigenvalue weighted by Crippen LogP contribution is -2.33. The first-order valence-corrected chi connectivity index (χ1v) is 7.85. The van der Waals surface area contributed by atoms with Crippen LogP contribution in [0.25, 0.3) is 0 Å². The summed E-state index contributed by atoms with van der Waals surface area (Å²) in [5, 5.41) is 2.75. The van der Waals surface area contributed by atoms with Crippen LogP contribution in [0.1, 0.15) is 18.9 Å². The summed E-state index contributed by atoms with van der Waals surface area (Å²) in [6.45, 7) is 4.31. The van der Waals surface area contributed by atoms with E-state index >= 15 is 0 Å². The molecule has 2 aromatic carbocycles. The van der Waals surface area contributed by atoms with Crippen molar-refractivity contribution in [2.24, 2.45) is 0 Å². The van der Waals surface area contributed by atoms with E-state index in [0.29, 0.717) is 18.0 Å². The molecule has 126 valence electrons. The summed E-state index contributed by atoms with van der Waals surface area (Å²) in [5.74, 6) is -0.0390. The van der Waals surface area contributed by atoms with Gasteiger partial charge in [-0.25, -0.2) is 0 Å². The van der Waals surface area contributed by atoms with E-state index in [4.69, 9.17) is 4.74 Å². The Morgan fingerprint density at radius 1 is 1.12 bits per heavy atom. The molecule has 0 spiro atoms. The summed E-state index contributed by atoms with van der Waals surface area (Å²) < 4.78 is 5.23. The van der Waals surface area contributed by atoms with Gasteiger partial charge in [0.05, 0.1) is 12.8 Å². The van der Waals surface area contributed by atoms with Gasteiger partial charge in [0.1, 0.15) is 12.2 Å². The molecule has 0 radical (unpaired) electrons. The van der Waals surface area contributed by atoms with E-state index in [2.05, 4.69) is 5.32 Å². The Labute approximate surface area is 142 Å². The molecule has 1 N–H and O–H groups in total. The van der Waals surface area contributed by atoms with Gasteiger partial charge in [0, 0.05) is 12.2 Å². The minimum atomic E-state index is -0.363. The van der Waals surface area contributed by atoms with Gasteiger partial charge in [-0.15, -0.1) is 0 Å². The lowest BCUT2D eigenvalue weighted by molar-refractivity contribution is -0.125. The fourth-order valence-electron chi connectivity index (χ4n) is 2.46. The third-order valence-corrected chi connectivity index (χ3v) is 3.63.